The number of carbonyl (C=O) groups is 2. The molecule has 0 saturated heterocycles. The monoisotopic (exact) mass is 357 g/mol. The lowest BCUT2D eigenvalue weighted by molar-refractivity contribution is -0.149. The molecular weight excluding hydrogens is 337 g/mol. The van der Waals surface area contributed by atoms with Gasteiger partial charge in [0.1, 0.15) is 11.6 Å². The molecular formula is C20H20FNO4. The number of carbonyl (C=O) groups excluding carboxylic acids is 1. The van der Waals surface area contributed by atoms with Crippen LogP contribution in [0.1, 0.15) is 30.9 Å². The maximum Gasteiger partial charge on any atom is 0.312 e. The molecule has 1 aliphatic heterocycles. The lowest BCUT2D eigenvalue weighted by Crippen LogP contribution is -2.51. The molecule has 0 fully saturated rings. The lowest BCUT2D eigenvalue weighted by atomic mass is 9.89. The molecule has 26 heavy (non-hydrogen) atoms. The number of carboxylic acid groups (broad SMARTS) is 1. The minimum Gasteiger partial charge on any atom is -0.481 e. The van der Waals surface area contributed by atoms with E-state index in [9.17, 15) is 19.1 Å². The zero-order valence-corrected chi connectivity index (χ0v) is 14.6. The average molecular weight is 357 g/mol. The van der Waals surface area contributed by atoms with E-state index in [4.69, 9.17) is 4.74 Å². The van der Waals surface area contributed by atoms with Crippen molar-refractivity contribution >= 4 is 11.9 Å². The zero-order chi connectivity index (χ0) is 18.9. The second kappa shape index (κ2) is 6.78. The summed E-state index contributed by atoms with van der Waals surface area (Å²) < 4.78 is 18.8. The number of hydrogen-bond donors (Lipinski definition) is 1. The van der Waals surface area contributed by atoms with E-state index in [0.717, 1.165) is 11.1 Å². The third kappa shape index (κ3) is 3.54. The molecule has 1 N–H and O–H groups in total. The van der Waals surface area contributed by atoms with Crippen LogP contribution in [0, 0.1) is 5.82 Å². The summed E-state index contributed by atoms with van der Waals surface area (Å²) in [6, 6.07) is 12.7. The molecule has 0 bridgehead atoms. The molecule has 0 saturated carbocycles. The quantitative estimate of drug-likeness (QED) is 0.913. The molecule has 1 amide bonds. The number of amides is 1. The Kier molecular flexibility index (Phi) is 4.68. The van der Waals surface area contributed by atoms with Crippen LogP contribution in [0.3, 0.4) is 0 Å². The molecule has 0 radical (unpaired) electrons. The largest absolute Gasteiger partial charge is 0.481 e. The summed E-state index contributed by atoms with van der Waals surface area (Å²) in [6.45, 7) is 3.65. The number of fused-ring (bicyclic) bond motifs is 1. The first-order valence-corrected chi connectivity index (χ1v) is 8.32. The van der Waals surface area contributed by atoms with Gasteiger partial charge in [0.2, 0.25) is 0 Å². The van der Waals surface area contributed by atoms with Crippen LogP contribution in [0.5, 0.6) is 5.75 Å². The zero-order valence-electron chi connectivity index (χ0n) is 14.6. The van der Waals surface area contributed by atoms with E-state index in [1.165, 1.54) is 29.2 Å². The van der Waals surface area contributed by atoms with Gasteiger partial charge in [-0.1, -0.05) is 24.3 Å². The molecule has 1 aliphatic rings. The van der Waals surface area contributed by atoms with E-state index in [1.54, 1.807) is 26.0 Å². The highest BCUT2D eigenvalue weighted by molar-refractivity contribution is 5.87. The van der Waals surface area contributed by atoms with Gasteiger partial charge in [0.05, 0.1) is 5.92 Å². The molecule has 2 aromatic carbocycles. The number of ether oxygens (including phenoxy) is 1. The first kappa shape index (κ1) is 17.9. The number of aliphatic carboxylic acids is 1. The van der Waals surface area contributed by atoms with Crippen LogP contribution in [-0.2, 0) is 16.1 Å². The van der Waals surface area contributed by atoms with Gasteiger partial charge in [-0.25, -0.2) is 4.39 Å². The molecule has 0 aromatic heterocycles. The molecule has 5 nitrogen and oxygen atoms in total. The summed E-state index contributed by atoms with van der Waals surface area (Å²) >= 11 is 0. The Morgan fingerprint density at radius 1 is 1.15 bits per heavy atom. The summed E-state index contributed by atoms with van der Waals surface area (Å²) in [6.07, 6.45) is 0. The van der Waals surface area contributed by atoms with Gasteiger partial charge in [-0.3, -0.25) is 9.59 Å². The Morgan fingerprint density at radius 3 is 2.46 bits per heavy atom. The topological polar surface area (TPSA) is 66.8 Å². The summed E-state index contributed by atoms with van der Waals surface area (Å²) in [5.41, 5.74) is 0.339. The molecule has 1 atom stereocenters. The van der Waals surface area contributed by atoms with Gasteiger partial charge < -0.3 is 14.7 Å². The van der Waals surface area contributed by atoms with Crippen molar-refractivity contribution in [3.05, 3.63) is 65.5 Å². The fraction of sp³-hybridized carbons (Fsp3) is 0.300. The molecule has 2 aromatic rings. The second-order valence-corrected chi connectivity index (χ2v) is 6.84. The standard InChI is InChI=1S/C20H20FNO4/c1-20(2,26-15-9-7-14(21)8-10-15)19(25)22-11-13-5-3-4-6-16(13)17(12-22)18(23)24/h3-10,17H,11-12H2,1-2H3,(H,23,24). The highest BCUT2D eigenvalue weighted by atomic mass is 19.1. The fourth-order valence-corrected chi connectivity index (χ4v) is 3.19. The number of rotatable bonds is 4. The van der Waals surface area contributed by atoms with E-state index in [2.05, 4.69) is 0 Å². The van der Waals surface area contributed by atoms with Gasteiger partial charge >= 0.3 is 5.97 Å². The van der Waals surface area contributed by atoms with Crippen molar-refractivity contribution in [3.63, 3.8) is 0 Å². The van der Waals surface area contributed by atoms with Crippen molar-refractivity contribution < 1.29 is 23.8 Å². The number of benzene rings is 2. The van der Waals surface area contributed by atoms with Crippen LogP contribution >= 0.6 is 0 Å². The van der Waals surface area contributed by atoms with Gasteiger partial charge in [0.15, 0.2) is 5.60 Å². The number of halogens is 1. The van der Waals surface area contributed by atoms with Crippen LogP contribution in [-0.4, -0.2) is 34.0 Å². The summed E-state index contributed by atoms with van der Waals surface area (Å²) in [4.78, 5) is 26.2. The van der Waals surface area contributed by atoms with Crippen molar-refractivity contribution in [2.24, 2.45) is 0 Å². The molecule has 6 heteroatoms. The average Bonchev–Trinajstić information content (AvgIpc) is 2.61. The predicted octanol–water partition coefficient (Wildman–Crippen LogP) is 3.19. The highest BCUT2D eigenvalue weighted by Gasteiger charge is 2.39. The van der Waals surface area contributed by atoms with Gasteiger partial charge in [-0.05, 0) is 49.2 Å². The first-order valence-electron chi connectivity index (χ1n) is 8.32. The summed E-state index contributed by atoms with van der Waals surface area (Å²) in [5, 5.41) is 9.54. The molecule has 1 unspecified atom stereocenters. The van der Waals surface area contributed by atoms with E-state index >= 15 is 0 Å². The molecule has 3 rings (SSSR count). The molecule has 1 heterocycles. The molecule has 0 aliphatic carbocycles. The van der Waals surface area contributed by atoms with Gasteiger partial charge in [0.25, 0.3) is 5.91 Å². The summed E-state index contributed by atoms with van der Waals surface area (Å²) in [5.74, 6) is -2.07. The highest BCUT2D eigenvalue weighted by Crippen LogP contribution is 2.31. The van der Waals surface area contributed by atoms with Gasteiger partial charge in [-0.2, -0.15) is 0 Å². The van der Waals surface area contributed by atoms with Crippen molar-refractivity contribution in [3.8, 4) is 5.75 Å². The van der Waals surface area contributed by atoms with E-state index < -0.39 is 23.3 Å². The number of carboxylic acids is 1. The van der Waals surface area contributed by atoms with Crippen LogP contribution < -0.4 is 4.74 Å². The van der Waals surface area contributed by atoms with Crippen molar-refractivity contribution in [1.82, 2.24) is 4.90 Å². The first-order chi connectivity index (χ1) is 12.3. The van der Waals surface area contributed by atoms with Gasteiger partial charge in [0, 0.05) is 13.1 Å². The van der Waals surface area contributed by atoms with Crippen molar-refractivity contribution in [1.29, 1.82) is 0 Å². The Hall–Kier alpha value is -2.89. The summed E-state index contributed by atoms with van der Waals surface area (Å²) in [7, 11) is 0. The Bertz CT molecular complexity index is 832. The SMILES string of the molecule is CC(C)(Oc1ccc(F)cc1)C(=O)N1Cc2ccccc2C(C(=O)O)C1. The van der Waals surface area contributed by atoms with Crippen LogP contribution in [0.15, 0.2) is 48.5 Å². The normalized spacial score (nSPS) is 16.7. The molecule has 136 valence electrons. The third-order valence-corrected chi connectivity index (χ3v) is 4.48. The predicted molar refractivity (Wildman–Crippen MR) is 93.3 cm³/mol. The van der Waals surface area contributed by atoms with E-state index in [0.29, 0.717) is 12.3 Å². The third-order valence-electron chi connectivity index (χ3n) is 4.48. The maximum absolute atomic E-state index is 13.0. The van der Waals surface area contributed by atoms with Crippen molar-refractivity contribution in [2.45, 2.75) is 31.9 Å². The lowest BCUT2D eigenvalue weighted by Gasteiger charge is -2.37. The van der Waals surface area contributed by atoms with Crippen LogP contribution in [0.2, 0.25) is 0 Å². The fourth-order valence-electron chi connectivity index (χ4n) is 3.19. The Morgan fingerprint density at radius 2 is 1.81 bits per heavy atom. The van der Waals surface area contributed by atoms with E-state index in [1.807, 2.05) is 12.1 Å². The number of nitrogens with zero attached hydrogens (tertiary/aromatic N) is 1. The molecule has 0 spiro atoms. The minimum atomic E-state index is -1.22. The Balaban J connectivity index is 1.82. The van der Waals surface area contributed by atoms with Gasteiger partial charge in [-0.15, -0.1) is 0 Å². The second-order valence-electron chi connectivity index (χ2n) is 6.84. The van der Waals surface area contributed by atoms with Crippen LogP contribution in [0.4, 0.5) is 4.39 Å². The minimum absolute atomic E-state index is 0.0847. The van der Waals surface area contributed by atoms with Crippen LogP contribution in [0.25, 0.3) is 0 Å². The Labute approximate surface area is 151 Å². The number of hydrogen-bond acceptors (Lipinski definition) is 3. The van der Waals surface area contributed by atoms with E-state index in [-0.39, 0.29) is 12.5 Å². The maximum atomic E-state index is 13.0. The van der Waals surface area contributed by atoms with Crippen molar-refractivity contribution in [2.75, 3.05) is 6.54 Å². The smallest absolute Gasteiger partial charge is 0.312 e.